The Morgan fingerprint density at radius 2 is 2.25 bits per heavy atom. The third kappa shape index (κ3) is 2.67. The Morgan fingerprint density at radius 1 is 1.44 bits per heavy atom. The molecule has 2 rings (SSSR count). The van der Waals surface area contributed by atoms with Gasteiger partial charge in [-0.25, -0.2) is 0 Å². The molecular formula is C14H25NO. The maximum Gasteiger partial charge on any atom is 0.0471 e. The maximum absolute atomic E-state index is 9.16. The molecule has 0 saturated carbocycles. The van der Waals surface area contributed by atoms with E-state index >= 15 is 0 Å². The Morgan fingerprint density at radius 3 is 2.88 bits per heavy atom. The second-order valence-electron chi connectivity index (χ2n) is 5.71. The van der Waals surface area contributed by atoms with Crippen LogP contribution in [0.3, 0.4) is 0 Å². The molecule has 1 aliphatic carbocycles. The number of likely N-dealkylation sites (tertiary alicyclic amines) is 1. The normalized spacial score (nSPS) is 36.4. The third-order valence-corrected chi connectivity index (χ3v) is 4.44. The van der Waals surface area contributed by atoms with Gasteiger partial charge in [0.25, 0.3) is 0 Å². The van der Waals surface area contributed by atoms with Gasteiger partial charge in [0.15, 0.2) is 0 Å². The lowest BCUT2D eigenvalue weighted by Crippen LogP contribution is -2.32. The van der Waals surface area contributed by atoms with Gasteiger partial charge in [0.1, 0.15) is 0 Å². The van der Waals surface area contributed by atoms with Crippen molar-refractivity contribution in [1.82, 2.24) is 4.90 Å². The molecule has 0 unspecified atom stereocenters. The second-order valence-corrected chi connectivity index (χ2v) is 5.71. The van der Waals surface area contributed by atoms with Gasteiger partial charge >= 0.3 is 0 Å². The first-order valence-electron chi connectivity index (χ1n) is 6.70. The number of rotatable bonds is 3. The zero-order valence-corrected chi connectivity index (χ0v) is 10.7. The molecule has 2 aliphatic rings. The van der Waals surface area contributed by atoms with E-state index in [2.05, 4.69) is 24.8 Å². The van der Waals surface area contributed by atoms with E-state index in [-0.39, 0.29) is 0 Å². The van der Waals surface area contributed by atoms with Crippen molar-refractivity contribution >= 4 is 0 Å². The maximum atomic E-state index is 9.16. The highest BCUT2D eigenvalue weighted by molar-refractivity contribution is 5.09. The van der Waals surface area contributed by atoms with Gasteiger partial charge < -0.3 is 10.0 Å². The quantitative estimate of drug-likeness (QED) is 0.742. The first-order chi connectivity index (χ1) is 7.70. The summed E-state index contributed by atoms with van der Waals surface area (Å²) in [4.78, 5) is 2.55. The number of aliphatic hydroxyl groups is 1. The largest absolute Gasteiger partial charge is 0.396 e. The van der Waals surface area contributed by atoms with Gasteiger partial charge in [-0.1, -0.05) is 18.6 Å². The van der Waals surface area contributed by atoms with Crippen molar-refractivity contribution in [1.29, 1.82) is 0 Å². The minimum absolute atomic E-state index is 0.367. The molecule has 0 spiro atoms. The Hall–Kier alpha value is -0.340. The predicted octanol–water partition coefficient (Wildman–Crippen LogP) is 2.29. The molecule has 1 saturated heterocycles. The summed E-state index contributed by atoms with van der Waals surface area (Å²) < 4.78 is 0. The number of hydrogen-bond donors (Lipinski definition) is 1. The van der Waals surface area contributed by atoms with Crippen LogP contribution in [0.15, 0.2) is 11.6 Å². The van der Waals surface area contributed by atoms with Crippen molar-refractivity contribution in [3.8, 4) is 0 Å². The number of hydrogen-bond acceptors (Lipinski definition) is 2. The molecule has 1 N–H and O–H groups in total. The molecule has 0 bridgehead atoms. The van der Waals surface area contributed by atoms with E-state index in [1.165, 1.54) is 32.4 Å². The van der Waals surface area contributed by atoms with Crippen LogP contribution in [0.1, 0.15) is 33.1 Å². The van der Waals surface area contributed by atoms with Crippen LogP contribution in [0.4, 0.5) is 0 Å². The highest BCUT2D eigenvalue weighted by atomic mass is 16.3. The SMILES string of the molecule is CC1=CCC[C@H](C)[C@H]1CN1CC[C@H](CO)C1. The lowest BCUT2D eigenvalue weighted by Gasteiger charge is -2.32. The zero-order valence-electron chi connectivity index (χ0n) is 10.7. The van der Waals surface area contributed by atoms with Gasteiger partial charge in [0.2, 0.25) is 0 Å². The molecule has 1 heterocycles. The molecule has 3 atom stereocenters. The van der Waals surface area contributed by atoms with Gasteiger partial charge in [-0.15, -0.1) is 0 Å². The lowest BCUT2D eigenvalue weighted by molar-refractivity contribution is 0.203. The number of nitrogens with zero attached hydrogens (tertiary/aromatic N) is 1. The minimum atomic E-state index is 0.367. The standard InChI is InChI=1S/C14H25NO/c1-11-4-3-5-12(2)14(11)9-15-7-6-13(8-15)10-16/h4,12-14,16H,3,5-10H2,1-2H3/t12-,13-,14-/m0/s1. The van der Waals surface area contributed by atoms with Gasteiger partial charge in [-0.3, -0.25) is 0 Å². The van der Waals surface area contributed by atoms with Crippen LogP contribution >= 0.6 is 0 Å². The molecule has 16 heavy (non-hydrogen) atoms. The Bertz CT molecular complexity index is 261. The first kappa shape index (κ1) is 12.1. The average Bonchev–Trinajstić information content (AvgIpc) is 2.71. The van der Waals surface area contributed by atoms with Gasteiger partial charge in [-0.05, 0) is 50.5 Å². The van der Waals surface area contributed by atoms with Crippen molar-refractivity contribution in [3.05, 3.63) is 11.6 Å². The first-order valence-corrected chi connectivity index (χ1v) is 6.70. The second kappa shape index (κ2) is 5.33. The summed E-state index contributed by atoms with van der Waals surface area (Å²) in [5, 5.41) is 9.16. The topological polar surface area (TPSA) is 23.5 Å². The molecule has 0 amide bonds. The van der Waals surface area contributed by atoms with Crippen molar-refractivity contribution in [2.45, 2.75) is 33.1 Å². The molecule has 92 valence electrons. The number of allylic oxidation sites excluding steroid dienone is 1. The van der Waals surface area contributed by atoms with Crippen LogP contribution < -0.4 is 0 Å². The summed E-state index contributed by atoms with van der Waals surface area (Å²) >= 11 is 0. The van der Waals surface area contributed by atoms with Gasteiger partial charge in [0.05, 0.1) is 0 Å². The van der Waals surface area contributed by atoms with Crippen molar-refractivity contribution in [3.63, 3.8) is 0 Å². The smallest absolute Gasteiger partial charge is 0.0471 e. The van der Waals surface area contributed by atoms with E-state index < -0.39 is 0 Å². The molecule has 0 radical (unpaired) electrons. The van der Waals surface area contributed by atoms with Crippen LogP contribution in [0.5, 0.6) is 0 Å². The Labute approximate surface area is 99.3 Å². The minimum Gasteiger partial charge on any atom is -0.396 e. The summed E-state index contributed by atoms with van der Waals surface area (Å²) in [6, 6.07) is 0. The molecule has 2 nitrogen and oxygen atoms in total. The summed E-state index contributed by atoms with van der Waals surface area (Å²) in [6.45, 7) is 8.54. The zero-order chi connectivity index (χ0) is 11.5. The predicted molar refractivity (Wildman–Crippen MR) is 67.3 cm³/mol. The van der Waals surface area contributed by atoms with Crippen LogP contribution in [0.2, 0.25) is 0 Å². The highest BCUT2D eigenvalue weighted by Crippen LogP contribution is 2.31. The van der Waals surface area contributed by atoms with E-state index in [9.17, 15) is 0 Å². The average molecular weight is 223 g/mol. The van der Waals surface area contributed by atoms with Crippen molar-refractivity contribution in [2.24, 2.45) is 17.8 Å². The third-order valence-electron chi connectivity index (χ3n) is 4.44. The fraction of sp³-hybridized carbons (Fsp3) is 0.857. The summed E-state index contributed by atoms with van der Waals surface area (Å²) in [5.74, 6) is 2.12. The van der Waals surface area contributed by atoms with Gasteiger partial charge in [-0.2, -0.15) is 0 Å². The fourth-order valence-electron chi connectivity index (χ4n) is 3.21. The number of aliphatic hydroxyl groups excluding tert-OH is 1. The van der Waals surface area contributed by atoms with Crippen LogP contribution in [-0.2, 0) is 0 Å². The van der Waals surface area contributed by atoms with E-state index in [1.807, 2.05) is 0 Å². The van der Waals surface area contributed by atoms with E-state index in [0.717, 1.165) is 18.4 Å². The van der Waals surface area contributed by atoms with E-state index in [4.69, 9.17) is 5.11 Å². The van der Waals surface area contributed by atoms with Crippen LogP contribution in [0.25, 0.3) is 0 Å². The Balaban J connectivity index is 1.89. The van der Waals surface area contributed by atoms with Crippen molar-refractivity contribution < 1.29 is 5.11 Å². The molecule has 2 heteroatoms. The van der Waals surface area contributed by atoms with E-state index in [0.29, 0.717) is 12.5 Å². The highest BCUT2D eigenvalue weighted by Gasteiger charge is 2.28. The van der Waals surface area contributed by atoms with E-state index in [1.54, 1.807) is 5.57 Å². The Kier molecular flexibility index (Phi) is 4.04. The summed E-state index contributed by atoms with van der Waals surface area (Å²) in [6.07, 6.45) is 6.21. The van der Waals surface area contributed by atoms with Crippen molar-refractivity contribution in [2.75, 3.05) is 26.2 Å². The molecule has 0 aromatic rings. The van der Waals surface area contributed by atoms with Gasteiger partial charge in [0, 0.05) is 19.7 Å². The molecule has 1 aliphatic heterocycles. The fourth-order valence-corrected chi connectivity index (χ4v) is 3.21. The monoisotopic (exact) mass is 223 g/mol. The molecular weight excluding hydrogens is 198 g/mol. The molecule has 1 fully saturated rings. The molecule has 0 aromatic carbocycles. The van der Waals surface area contributed by atoms with Crippen LogP contribution in [0, 0.1) is 17.8 Å². The summed E-state index contributed by atoms with van der Waals surface area (Å²) in [7, 11) is 0. The lowest BCUT2D eigenvalue weighted by atomic mass is 9.80. The molecule has 0 aromatic heterocycles. The summed E-state index contributed by atoms with van der Waals surface area (Å²) in [5.41, 5.74) is 1.59. The van der Waals surface area contributed by atoms with Crippen LogP contribution in [-0.4, -0.2) is 36.2 Å².